The largest absolute Gasteiger partial charge is 0.399 e. The number of nitrogens with two attached hydrogens (primary N) is 1. The molecule has 7 nitrogen and oxygen atoms in total. The Morgan fingerprint density at radius 2 is 1.78 bits per heavy atom. The van der Waals surface area contributed by atoms with E-state index in [-0.39, 0.29) is 11.7 Å². The number of amides is 1. The van der Waals surface area contributed by atoms with Crippen LogP contribution in [0.3, 0.4) is 0 Å². The van der Waals surface area contributed by atoms with Gasteiger partial charge in [-0.25, -0.2) is 0 Å². The minimum atomic E-state index is -0.204. The van der Waals surface area contributed by atoms with E-state index in [0.717, 1.165) is 30.9 Å². The monoisotopic (exact) mass is 481 g/mol. The first-order valence-electron chi connectivity index (χ1n) is 12.4. The molecule has 1 saturated heterocycles. The average molecular weight is 482 g/mol. The molecular weight excluding hydrogens is 450 g/mol. The second-order valence-corrected chi connectivity index (χ2v) is 9.29. The van der Waals surface area contributed by atoms with Crippen LogP contribution >= 0.6 is 0 Å². The molecular formula is C29H31N5O2. The van der Waals surface area contributed by atoms with Gasteiger partial charge < -0.3 is 26.6 Å². The molecule has 1 amide bonds. The molecule has 5 N–H and O–H groups in total. The summed E-state index contributed by atoms with van der Waals surface area (Å²) >= 11 is 0. The molecule has 2 heterocycles. The van der Waals surface area contributed by atoms with Crippen molar-refractivity contribution in [2.75, 3.05) is 42.5 Å². The van der Waals surface area contributed by atoms with Crippen LogP contribution in [-0.4, -0.2) is 42.8 Å². The lowest BCUT2D eigenvalue weighted by Crippen LogP contribution is -2.29. The van der Waals surface area contributed by atoms with Gasteiger partial charge in [0, 0.05) is 59.6 Å². The summed E-state index contributed by atoms with van der Waals surface area (Å²) in [6.07, 6.45) is 4.36. The molecule has 0 saturated carbocycles. The Morgan fingerprint density at radius 1 is 1.00 bits per heavy atom. The molecule has 0 atom stereocenters. The number of nitrogen functional groups attached to an aromatic ring is 1. The lowest BCUT2D eigenvalue weighted by atomic mass is 9.99. The Hall–Kier alpha value is -3.94. The van der Waals surface area contributed by atoms with Gasteiger partial charge in [0.1, 0.15) is 0 Å². The van der Waals surface area contributed by atoms with Gasteiger partial charge in [-0.2, -0.15) is 0 Å². The van der Waals surface area contributed by atoms with Crippen LogP contribution in [-0.2, 0) is 11.3 Å². The SMILES string of the molecule is Nc1cccc(C(=O)c2ccc3c(c2)NC(=O)C3=CNc2ccc(CNCCN3CCCC3)cc2)c1. The summed E-state index contributed by atoms with van der Waals surface area (Å²) in [5.41, 5.74) is 11.4. The predicted octanol–water partition coefficient (Wildman–Crippen LogP) is 4.09. The Kier molecular flexibility index (Phi) is 7.11. The lowest BCUT2D eigenvalue weighted by Gasteiger charge is -2.14. The van der Waals surface area contributed by atoms with Crippen LogP contribution in [0.4, 0.5) is 17.1 Å². The van der Waals surface area contributed by atoms with Gasteiger partial charge in [-0.3, -0.25) is 9.59 Å². The third-order valence-electron chi connectivity index (χ3n) is 6.68. The first-order chi connectivity index (χ1) is 17.6. The number of hydrogen-bond donors (Lipinski definition) is 4. The lowest BCUT2D eigenvalue weighted by molar-refractivity contribution is -0.110. The fourth-order valence-corrected chi connectivity index (χ4v) is 4.68. The highest BCUT2D eigenvalue weighted by Crippen LogP contribution is 2.33. The van der Waals surface area contributed by atoms with Gasteiger partial charge in [-0.05, 0) is 61.8 Å². The molecule has 0 aliphatic carbocycles. The van der Waals surface area contributed by atoms with Gasteiger partial charge in [0.05, 0.1) is 5.57 Å². The van der Waals surface area contributed by atoms with E-state index in [1.165, 1.54) is 31.5 Å². The highest BCUT2D eigenvalue weighted by Gasteiger charge is 2.25. The van der Waals surface area contributed by atoms with Gasteiger partial charge in [-0.1, -0.05) is 36.4 Å². The maximum Gasteiger partial charge on any atom is 0.257 e. The number of hydrogen-bond acceptors (Lipinski definition) is 6. The van der Waals surface area contributed by atoms with Crippen molar-refractivity contribution < 1.29 is 9.59 Å². The average Bonchev–Trinajstić information content (AvgIpc) is 3.52. The maximum absolute atomic E-state index is 12.8. The summed E-state index contributed by atoms with van der Waals surface area (Å²) in [4.78, 5) is 28.0. The summed E-state index contributed by atoms with van der Waals surface area (Å²) in [5.74, 6) is -0.342. The van der Waals surface area contributed by atoms with Crippen molar-refractivity contribution in [1.82, 2.24) is 10.2 Å². The third kappa shape index (κ3) is 5.48. The first-order valence-corrected chi connectivity index (χ1v) is 12.4. The number of carbonyl (C=O) groups excluding carboxylic acids is 2. The Balaban J connectivity index is 1.20. The number of rotatable bonds is 9. The summed E-state index contributed by atoms with van der Waals surface area (Å²) < 4.78 is 0. The molecule has 2 aliphatic rings. The van der Waals surface area contributed by atoms with Crippen molar-refractivity contribution in [1.29, 1.82) is 0 Å². The highest BCUT2D eigenvalue weighted by molar-refractivity contribution is 6.32. The first kappa shape index (κ1) is 23.8. The number of likely N-dealkylation sites (tertiary alicyclic amines) is 1. The van der Waals surface area contributed by atoms with Gasteiger partial charge >= 0.3 is 0 Å². The molecule has 0 aromatic heterocycles. The van der Waals surface area contributed by atoms with Crippen LogP contribution in [0.1, 0.15) is 39.9 Å². The molecule has 0 radical (unpaired) electrons. The van der Waals surface area contributed by atoms with E-state index in [4.69, 9.17) is 5.73 Å². The van der Waals surface area contributed by atoms with Crippen LogP contribution in [0.25, 0.3) is 5.57 Å². The standard InChI is InChI=1S/C29H31N5O2/c30-23-5-3-4-21(16-23)28(35)22-8-11-25-26(29(36)33-27(25)17-22)19-32-24-9-6-20(7-10-24)18-31-12-15-34-13-1-2-14-34/h3-11,16-17,19,31-32H,1-2,12-15,18,30H2,(H,33,36). The molecule has 3 aromatic carbocycles. The van der Waals surface area contributed by atoms with Crippen molar-refractivity contribution >= 4 is 34.3 Å². The quantitative estimate of drug-likeness (QED) is 0.159. The van der Waals surface area contributed by atoms with Crippen LogP contribution < -0.4 is 21.7 Å². The van der Waals surface area contributed by atoms with E-state index in [0.29, 0.717) is 28.1 Å². The molecule has 36 heavy (non-hydrogen) atoms. The molecule has 0 bridgehead atoms. The Labute approximate surface area is 211 Å². The van der Waals surface area contributed by atoms with Crippen LogP contribution in [0.15, 0.2) is 72.9 Å². The Morgan fingerprint density at radius 3 is 2.56 bits per heavy atom. The molecule has 0 spiro atoms. The fraction of sp³-hybridized carbons (Fsp3) is 0.241. The topological polar surface area (TPSA) is 99.5 Å². The predicted molar refractivity (Wildman–Crippen MR) is 145 cm³/mol. The van der Waals surface area contributed by atoms with E-state index in [2.05, 4.69) is 33.0 Å². The number of carbonyl (C=O) groups is 2. The van der Waals surface area contributed by atoms with Gasteiger partial charge in [0.2, 0.25) is 0 Å². The van der Waals surface area contributed by atoms with E-state index in [1.54, 1.807) is 48.7 Å². The van der Waals surface area contributed by atoms with E-state index < -0.39 is 0 Å². The highest BCUT2D eigenvalue weighted by atomic mass is 16.2. The minimum Gasteiger partial charge on any atom is -0.399 e. The van der Waals surface area contributed by atoms with Crippen molar-refractivity contribution in [3.63, 3.8) is 0 Å². The molecule has 2 aliphatic heterocycles. The van der Waals surface area contributed by atoms with Gasteiger partial charge in [0.25, 0.3) is 5.91 Å². The van der Waals surface area contributed by atoms with E-state index >= 15 is 0 Å². The van der Waals surface area contributed by atoms with E-state index in [1.807, 2.05) is 12.1 Å². The molecule has 1 fully saturated rings. The van der Waals surface area contributed by atoms with Crippen LogP contribution in [0.2, 0.25) is 0 Å². The zero-order chi connectivity index (χ0) is 24.9. The van der Waals surface area contributed by atoms with Gasteiger partial charge in [-0.15, -0.1) is 0 Å². The second-order valence-electron chi connectivity index (χ2n) is 9.29. The van der Waals surface area contributed by atoms with Crippen LogP contribution in [0.5, 0.6) is 0 Å². The number of benzene rings is 3. The third-order valence-corrected chi connectivity index (χ3v) is 6.68. The van der Waals surface area contributed by atoms with Crippen molar-refractivity contribution in [3.8, 4) is 0 Å². The number of fused-ring (bicyclic) bond motifs is 1. The molecule has 184 valence electrons. The minimum absolute atomic E-state index is 0.138. The van der Waals surface area contributed by atoms with Gasteiger partial charge in [0.15, 0.2) is 5.78 Å². The Bertz CT molecular complexity index is 1290. The summed E-state index contributed by atoms with van der Waals surface area (Å²) in [5, 5.41) is 9.60. The second kappa shape index (κ2) is 10.8. The molecule has 5 rings (SSSR count). The fourth-order valence-electron chi connectivity index (χ4n) is 4.68. The maximum atomic E-state index is 12.8. The smallest absolute Gasteiger partial charge is 0.257 e. The van der Waals surface area contributed by atoms with E-state index in [9.17, 15) is 9.59 Å². The summed E-state index contributed by atoms with van der Waals surface area (Å²) in [7, 11) is 0. The van der Waals surface area contributed by atoms with Crippen LogP contribution in [0, 0.1) is 0 Å². The molecule has 3 aromatic rings. The number of anilines is 3. The zero-order valence-corrected chi connectivity index (χ0v) is 20.2. The number of ketones is 1. The summed E-state index contributed by atoms with van der Waals surface area (Å²) in [6, 6.07) is 20.3. The number of nitrogens with zero attached hydrogens (tertiary/aromatic N) is 1. The molecule has 7 heteroatoms. The molecule has 0 unspecified atom stereocenters. The van der Waals surface area contributed by atoms with Crippen molar-refractivity contribution in [3.05, 3.63) is 95.2 Å². The van der Waals surface area contributed by atoms with Crippen molar-refractivity contribution in [2.24, 2.45) is 0 Å². The number of nitrogens with one attached hydrogen (secondary N) is 3. The zero-order valence-electron chi connectivity index (χ0n) is 20.2. The summed E-state index contributed by atoms with van der Waals surface area (Å²) in [6.45, 7) is 5.38. The van der Waals surface area contributed by atoms with Crippen molar-refractivity contribution in [2.45, 2.75) is 19.4 Å². The normalized spacial score (nSPS) is 16.2.